The number of nitrogens with two attached hydrogens (primary N) is 1. The molecule has 0 unspecified atom stereocenters. The Bertz CT molecular complexity index is 271. The van der Waals surface area contributed by atoms with Gasteiger partial charge in [0.1, 0.15) is 12.2 Å². The average molecular weight is 182 g/mol. The summed E-state index contributed by atoms with van der Waals surface area (Å²) in [6.07, 6.45) is 1.72. The third-order valence-electron chi connectivity index (χ3n) is 2.20. The van der Waals surface area contributed by atoms with E-state index in [4.69, 9.17) is 5.73 Å². The van der Waals surface area contributed by atoms with Gasteiger partial charge < -0.3 is 10.3 Å². The second kappa shape index (κ2) is 3.46. The van der Waals surface area contributed by atoms with E-state index in [1.54, 1.807) is 6.33 Å². The summed E-state index contributed by atoms with van der Waals surface area (Å²) < 4.78 is 1.98. The minimum absolute atomic E-state index is 0.0277. The van der Waals surface area contributed by atoms with E-state index in [0.29, 0.717) is 0 Å². The Morgan fingerprint density at radius 3 is 2.62 bits per heavy atom. The molecule has 0 aliphatic carbocycles. The highest BCUT2D eigenvalue weighted by molar-refractivity contribution is 4.98. The van der Waals surface area contributed by atoms with Crippen LogP contribution in [-0.2, 0) is 6.54 Å². The standard InChI is InChI=1S/C9H18N4/c1-5-13-6-11-12-8(13)7(10)9(2,3)4/h6-7H,5,10H2,1-4H3/t7-/m1/s1. The predicted molar refractivity (Wildman–Crippen MR) is 52.1 cm³/mol. The predicted octanol–water partition coefficient (Wildman–Crippen LogP) is 1.34. The number of aryl methyl sites for hydroxylation is 1. The lowest BCUT2D eigenvalue weighted by Gasteiger charge is -2.26. The highest BCUT2D eigenvalue weighted by Gasteiger charge is 2.26. The van der Waals surface area contributed by atoms with Crippen molar-refractivity contribution in [3.05, 3.63) is 12.2 Å². The fraction of sp³-hybridized carbons (Fsp3) is 0.778. The van der Waals surface area contributed by atoms with Gasteiger partial charge in [0.25, 0.3) is 0 Å². The quantitative estimate of drug-likeness (QED) is 0.751. The summed E-state index contributed by atoms with van der Waals surface area (Å²) in [5, 5.41) is 7.90. The van der Waals surface area contributed by atoms with E-state index >= 15 is 0 Å². The van der Waals surface area contributed by atoms with Crippen LogP contribution in [0, 0.1) is 5.41 Å². The van der Waals surface area contributed by atoms with Crippen LogP contribution in [0.15, 0.2) is 6.33 Å². The van der Waals surface area contributed by atoms with Crippen LogP contribution in [0.25, 0.3) is 0 Å². The van der Waals surface area contributed by atoms with Crippen molar-refractivity contribution in [1.82, 2.24) is 14.8 Å². The van der Waals surface area contributed by atoms with Crippen molar-refractivity contribution in [2.75, 3.05) is 0 Å². The second-order valence-electron chi connectivity index (χ2n) is 4.32. The number of nitrogens with zero attached hydrogens (tertiary/aromatic N) is 3. The molecule has 0 saturated carbocycles. The molecule has 1 atom stereocenters. The summed E-state index contributed by atoms with van der Waals surface area (Å²) in [5.74, 6) is 0.870. The maximum absolute atomic E-state index is 6.07. The molecule has 13 heavy (non-hydrogen) atoms. The van der Waals surface area contributed by atoms with E-state index in [0.717, 1.165) is 12.4 Å². The number of aromatic nitrogens is 3. The van der Waals surface area contributed by atoms with E-state index in [1.165, 1.54) is 0 Å². The van der Waals surface area contributed by atoms with Gasteiger partial charge in [0, 0.05) is 6.54 Å². The lowest BCUT2D eigenvalue weighted by atomic mass is 9.87. The molecule has 4 nitrogen and oxygen atoms in total. The first-order chi connectivity index (χ1) is 5.96. The van der Waals surface area contributed by atoms with Crippen LogP contribution in [-0.4, -0.2) is 14.8 Å². The van der Waals surface area contributed by atoms with E-state index in [-0.39, 0.29) is 11.5 Å². The van der Waals surface area contributed by atoms with Crippen molar-refractivity contribution in [1.29, 1.82) is 0 Å². The number of hydrogen-bond acceptors (Lipinski definition) is 3. The number of hydrogen-bond donors (Lipinski definition) is 1. The van der Waals surface area contributed by atoms with E-state index in [9.17, 15) is 0 Å². The summed E-state index contributed by atoms with van der Waals surface area (Å²) in [6, 6.07) is -0.0602. The summed E-state index contributed by atoms with van der Waals surface area (Å²) >= 11 is 0. The van der Waals surface area contributed by atoms with Gasteiger partial charge >= 0.3 is 0 Å². The van der Waals surface area contributed by atoms with Crippen molar-refractivity contribution >= 4 is 0 Å². The highest BCUT2D eigenvalue weighted by Crippen LogP contribution is 2.28. The molecule has 0 amide bonds. The molecule has 0 radical (unpaired) electrons. The topological polar surface area (TPSA) is 56.7 Å². The Labute approximate surface area is 79.2 Å². The van der Waals surface area contributed by atoms with E-state index < -0.39 is 0 Å². The van der Waals surface area contributed by atoms with Gasteiger partial charge in [-0.2, -0.15) is 0 Å². The van der Waals surface area contributed by atoms with Crippen molar-refractivity contribution in [3.8, 4) is 0 Å². The Morgan fingerprint density at radius 2 is 2.15 bits per heavy atom. The van der Waals surface area contributed by atoms with Crippen molar-refractivity contribution in [2.24, 2.45) is 11.1 Å². The number of rotatable bonds is 2. The minimum atomic E-state index is -0.0602. The molecule has 0 aliphatic rings. The van der Waals surface area contributed by atoms with Crippen LogP contribution in [0.3, 0.4) is 0 Å². The molecule has 1 aromatic heterocycles. The third kappa shape index (κ3) is 2.06. The molecule has 4 heteroatoms. The van der Waals surface area contributed by atoms with E-state index in [2.05, 4.69) is 37.9 Å². The molecule has 0 saturated heterocycles. The van der Waals surface area contributed by atoms with Gasteiger partial charge in [0.05, 0.1) is 6.04 Å². The van der Waals surface area contributed by atoms with Crippen molar-refractivity contribution in [3.63, 3.8) is 0 Å². The molecule has 74 valence electrons. The molecule has 1 rings (SSSR count). The normalized spacial score (nSPS) is 14.5. The smallest absolute Gasteiger partial charge is 0.150 e. The Balaban J connectivity index is 2.94. The summed E-state index contributed by atoms with van der Waals surface area (Å²) in [7, 11) is 0. The fourth-order valence-corrected chi connectivity index (χ4v) is 1.14. The Kier molecular flexibility index (Phi) is 2.71. The van der Waals surface area contributed by atoms with Gasteiger partial charge in [-0.05, 0) is 12.3 Å². The first-order valence-corrected chi connectivity index (χ1v) is 4.60. The zero-order valence-corrected chi connectivity index (χ0v) is 8.78. The average Bonchev–Trinajstić information content (AvgIpc) is 2.48. The van der Waals surface area contributed by atoms with Gasteiger partial charge in [-0.1, -0.05) is 20.8 Å². The molecular weight excluding hydrogens is 164 g/mol. The van der Waals surface area contributed by atoms with Crippen LogP contribution in [0.5, 0.6) is 0 Å². The lowest BCUT2D eigenvalue weighted by Crippen LogP contribution is -2.29. The van der Waals surface area contributed by atoms with E-state index in [1.807, 2.05) is 4.57 Å². The lowest BCUT2D eigenvalue weighted by molar-refractivity contribution is 0.307. The molecular formula is C9H18N4. The zero-order chi connectivity index (χ0) is 10.1. The molecule has 2 N–H and O–H groups in total. The van der Waals surface area contributed by atoms with Crippen LogP contribution in [0.1, 0.15) is 39.6 Å². The Hall–Kier alpha value is -0.900. The largest absolute Gasteiger partial charge is 0.321 e. The van der Waals surface area contributed by atoms with Crippen LogP contribution >= 0.6 is 0 Å². The van der Waals surface area contributed by atoms with Crippen LogP contribution in [0.4, 0.5) is 0 Å². The van der Waals surface area contributed by atoms with Gasteiger partial charge in [-0.25, -0.2) is 0 Å². The van der Waals surface area contributed by atoms with Crippen LogP contribution in [0.2, 0.25) is 0 Å². The second-order valence-corrected chi connectivity index (χ2v) is 4.32. The minimum Gasteiger partial charge on any atom is -0.321 e. The summed E-state index contributed by atoms with van der Waals surface area (Å²) in [4.78, 5) is 0. The molecule has 0 aromatic carbocycles. The van der Waals surface area contributed by atoms with Crippen molar-refractivity contribution in [2.45, 2.75) is 40.3 Å². The van der Waals surface area contributed by atoms with Crippen LogP contribution < -0.4 is 5.73 Å². The highest BCUT2D eigenvalue weighted by atomic mass is 15.3. The molecule has 0 bridgehead atoms. The van der Waals surface area contributed by atoms with Gasteiger partial charge in [-0.15, -0.1) is 10.2 Å². The summed E-state index contributed by atoms with van der Waals surface area (Å²) in [6.45, 7) is 9.24. The third-order valence-corrected chi connectivity index (χ3v) is 2.20. The first-order valence-electron chi connectivity index (χ1n) is 4.60. The maximum Gasteiger partial charge on any atom is 0.150 e. The van der Waals surface area contributed by atoms with Gasteiger partial charge in [0.2, 0.25) is 0 Å². The fourth-order valence-electron chi connectivity index (χ4n) is 1.14. The molecule has 0 aliphatic heterocycles. The molecule has 0 spiro atoms. The van der Waals surface area contributed by atoms with Gasteiger partial charge in [-0.3, -0.25) is 0 Å². The molecule has 1 heterocycles. The Morgan fingerprint density at radius 1 is 1.54 bits per heavy atom. The van der Waals surface area contributed by atoms with Gasteiger partial charge in [0.15, 0.2) is 0 Å². The first kappa shape index (κ1) is 10.2. The molecule has 0 fully saturated rings. The maximum atomic E-state index is 6.07. The zero-order valence-electron chi connectivity index (χ0n) is 8.78. The van der Waals surface area contributed by atoms with Crippen molar-refractivity contribution < 1.29 is 0 Å². The molecule has 1 aromatic rings. The summed E-state index contributed by atoms with van der Waals surface area (Å²) in [5.41, 5.74) is 6.10. The SMILES string of the molecule is CCn1cnnc1[C@@H](N)C(C)(C)C. The monoisotopic (exact) mass is 182 g/mol.